The fourth-order valence-electron chi connectivity index (χ4n) is 2.70. The Hall–Kier alpha value is -2.34. The van der Waals surface area contributed by atoms with E-state index in [1.54, 1.807) is 12.1 Å². The van der Waals surface area contributed by atoms with Gasteiger partial charge in [-0.25, -0.2) is 8.42 Å². The molecule has 0 heterocycles. The van der Waals surface area contributed by atoms with Crippen molar-refractivity contribution in [2.75, 3.05) is 17.1 Å². The predicted molar refractivity (Wildman–Crippen MR) is 106 cm³/mol. The number of aryl methyl sites for hydroxylation is 2. The lowest BCUT2D eigenvalue weighted by Gasteiger charge is -2.24. The van der Waals surface area contributed by atoms with E-state index in [0.717, 1.165) is 33.7 Å². The topological polar surface area (TPSA) is 66.5 Å². The molecule has 1 amide bonds. The number of nitrogens with one attached hydrogen (secondary N) is 1. The van der Waals surface area contributed by atoms with Crippen LogP contribution in [-0.4, -0.2) is 27.1 Å². The molecule has 0 aromatic heterocycles. The van der Waals surface area contributed by atoms with Crippen molar-refractivity contribution in [2.24, 2.45) is 0 Å². The van der Waals surface area contributed by atoms with Crippen LogP contribution in [0.5, 0.6) is 0 Å². The molecule has 2 aromatic carbocycles. The number of rotatable bonds is 7. The van der Waals surface area contributed by atoms with Crippen LogP contribution >= 0.6 is 0 Å². The average Bonchev–Trinajstić information content (AvgIpc) is 2.58. The van der Waals surface area contributed by atoms with E-state index in [2.05, 4.69) is 5.32 Å². The molecule has 0 aliphatic heterocycles. The highest BCUT2D eigenvalue weighted by molar-refractivity contribution is 7.92. The normalized spacial score (nSPS) is 12.5. The molecule has 0 aliphatic rings. The summed E-state index contributed by atoms with van der Waals surface area (Å²) in [6.07, 6.45) is 1.83. The molecule has 0 bridgehead atoms. The van der Waals surface area contributed by atoms with Gasteiger partial charge in [0.1, 0.15) is 6.54 Å². The highest BCUT2D eigenvalue weighted by Crippen LogP contribution is 2.20. The van der Waals surface area contributed by atoms with Gasteiger partial charge in [-0.05, 0) is 38.0 Å². The highest BCUT2D eigenvalue weighted by atomic mass is 32.2. The molecule has 0 aliphatic carbocycles. The number of nitrogens with zero attached hydrogens (tertiary/aromatic N) is 1. The summed E-state index contributed by atoms with van der Waals surface area (Å²) in [6, 6.07) is 14.9. The van der Waals surface area contributed by atoms with Crippen molar-refractivity contribution in [3.05, 3.63) is 65.2 Å². The number of benzene rings is 2. The fourth-order valence-corrected chi connectivity index (χ4v) is 3.56. The second-order valence-corrected chi connectivity index (χ2v) is 8.45. The molecule has 0 spiro atoms. The van der Waals surface area contributed by atoms with Crippen molar-refractivity contribution in [1.29, 1.82) is 0 Å². The van der Waals surface area contributed by atoms with E-state index in [1.165, 1.54) is 0 Å². The van der Waals surface area contributed by atoms with E-state index >= 15 is 0 Å². The molecule has 0 saturated heterocycles. The number of sulfonamides is 1. The lowest BCUT2D eigenvalue weighted by atomic mass is 10.0. The first kappa shape index (κ1) is 20.0. The molecule has 0 saturated carbocycles. The van der Waals surface area contributed by atoms with Crippen LogP contribution in [0.3, 0.4) is 0 Å². The molecule has 6 heteroatoms. The molecule has 0 fully saturated rings. The largest absolute Gasteiger partial charge is 0.348 e. The van der Waals surface area contributed by atoms with Crippen LogP contribution in [0, 0.1) is 13.8 Å². The Morgan fingerprint density at radius 2 is 1.50 bits per heavy atom. The van der Waals surface area contributed by atoms with E-state index in [4.69, 9.17) is 0 Å². The van der Waals surface area contributed by atoms with E-state index in [-0.39, 0.29) is 18.5 Å². The zero-order valence-corrected chi connectivity index (χ0v) is 16.5. The number of carbonyl (C=O) groups is 1. The summed E-state index contributed by atoms with van der Waals surface area (Å²) in [7, 11) is -3.57. The third-order valence-electron chi connectivity index (χ3n) is 4.23. The summed E-state index contributed by atoms with van der Waals surface area (Å²) >= 11 is 0. The van der Waals surface area contributed by atoms with Crippen molar-refractivity contribution in [2.45, 2.75) is 33.2 Å². The van der Waals surface area contributed by atoms with Crippen LogP contribution in [0.25, 0.3) is 0 Å². The van der Waals surface area contributed by atoms with Crippen molar-refractivity contribution < 1.29 is 13.2 Å². The number of amides is 1. The van der Waals surface area contributed by atoms with Crippen LogP contribution < -0.4 is 9.62 Å². The second kappa shape index (κ2) is 8.36. The van der Waals surface area contributed by atoms with Gasteiger partial charge >= 0.3 is 0 Å². The Morgan fingerprint density at radius 3 is 1.96 bits per heavy atom. The van der Waals surface area contributed by atoms with Gasteiger partial charge in [-0.2, -0.15) is 0 Å². The molecule has 5 nitrogen and oxygen atoms in total. The number of anilines is 1. The van der Waals surface area contributed by atoms with Gasteiger partial charge in [0, 0.05) is 0 Å². The van der Waals surface area contributed by atoms with Gasteiger partial charge in [0.05, 0.1) is 18.0 Å². The smallest absolute Gasteiger partial charge is 0.241 e. The van der Waals surface area contributed by atoms with Gasteiger partial charge in [0.15, 0.2) is 0 Å². The molecule has 26 heavy (non-hydrogen) atoms. The summed E-state index contributed by atoms with van der Waals surface area (Å²) in [5, 5.41) is 2.94. The third-order valence-corrected chi connectivity index (χ3v) is 5.37. The number of hydrogen-bond acceptors (Lipinski definition) is 3. The molecule has 1 N–H and O–H groups in total. The van der Waals surface area contributed by atoms with Gasteiger partial charge in [-0.1, -0.05) is 54.4 Å². The van der Waals surface area contributed by atoms with Crippen molar-refractivity contribution in [3.8, 4) is 0 Å². The maximum atomic E-state index is 12.5. The third kappa shape index (κ3) is 5.33. The van der Waals surface area contributed by atoms with Crippen molar-refractivity contribution in [1.82, 2.24) is 5.32 Å². The maximum absolute atomic E-state index is 12.5. The van der Waals surface area contributed by atoms with Gasteiger partial charge in [0.25, 0.3) is 0 Å². The minimum atomic E-state index is -3.57. The van der Waals surface area contributed by atoms with Crippen molar-refractivity contribution >= 4 is 21.6 Å². The molecule has 2 aromatic rings. The minimum Gasteiger partial charge on any atom is -0.348 e. The number of hydrogen-bond donors (Lipinski definition) is 1. The van der Waals surface area contributed by atoms with Crippen LogP contribution in [-0.2, 0) is 14.8 Å². The molecule has 2 rings (SSSR count). The Morgan fingerprint density at radius 1 is 1.00 bits per heavy atom. The lowest BCUT2D eigenvalue weighted by molar-refractivity contribution is -0.120. The summed E-state index contributed by atoms with van der Waals surface area (Å²) in [4.78, 5) is 12.5. The zero-order valence-electron chi connectivity index (χ0n) is 15.7. The van der Waals surface area contributed by atoms with Crippen LogP contribution in [0.15, 0.2) is 48.5 Å². The Labute approximate surface area is 156 Å². The van der Waals surface area contributed by atoms with E-state index in [1.807, 2.05) is 57.2 Å². The lowest BCUT2D eigenvalue weighted by Crippen LogP contribution is -2.41. The van der Waals surface area contributed by atoms with E-state index in [9.17, 15) is 13.2 Å². The fraction of sp³-hybridized carbons (Fsp3) is 0.350. The minimum absolute atomic E-state index is 0.150. The highest BCUT2D eigenvalue weighted by Gasteiger charge is 2.22. The van der Waals surface area contributed by atoms with Gasteiger partial charge in [-0.3, -0.25) is 9.10 Å². The van der Waals surface area contributed by atoms with Gasteiger partial charge in [0.2, 0.25) is 15.9 Å². The standard InChI is InChI=1S/C20H26N2O3S/c1-5-19(17-10-6-15(2)7-11-17)21-20(23)14-22(26(4,24)25)18-12-8-16(3)9-13-18/h6-13,19H,5,14H2,1-4H3,(H,21,23)/t19-/m1/s1. The number of carbonyl (C=O) groups excluding carboxylic acids is 1. The SMILES string of the molecule is CC[C@@H](NC(=O)CN(c1ccc(C)cc1)S(C)(=O)=O)c1ccc(C)cc1. The first-order valence-electron chi connectivity index (χ1n) is 8.61. The van der Waals surface area contributed by atoms with Crippen LogP contribution in [0.4, 0.5) is 5.69 Å². The monoisotopic (exact) mass is 374 g/mol. The summed E-state index contributed by atoms with van der Waals surface area (Å²) in [5.74, 6) is -0.330. The van der Waals surface area contributed by atoms with E-state index in [0.29, 0.717) is 5.69 Å². The van der Waals surface area contributed by atoms with Crippen molar-refractivity contribution in [3.63, 3.8) is 0 Å². The molecule has 0 unspecified atom stereocenters. The summed E-state index contributed by atoms with van der Waals surface area (Å²) in [5.41, 5.74) is 3.67. The first-order valence-corrected chi connectivity index (χ1v) is 10.5. The average molecular weight is 375 g/mol. The maximum Gasteiger partial charge on any atom is 0.241 e. The van der Waals surface area contributed by atoms with Crippen LogP contribution in [0.2, 0.25) is 0 Å². The van der Waals surface area contributed by atoms with E-state index < -0.39 is 10.0 Å². The Bertz CT molecular complexity index is 844. The Kier molecular flexibility index (Phi) is 6.42. The first-order chi connectivity index (χ1) is 12.2. The van der Waals surface area contributed by atoms with Gasteiger partial charge < -0.3 is 5.32 Å². The van der Waals surface area contributed by atoms with Gasteiger partial charge in [-0.15, -0.1) is 0 Å². The molecular weight excluding hydrogens is 348 g/mol. The van der Waals surface area contributed by atoms with Crippen LogP contribution in [0.1, 0.15) is 36.1 Å². The molecule has 0 radical (unpaired) electrons. The quantitative estimate of drug-likeness (QED) is 0.808. The second-order valence-electron chi connectivity index (χ2n) is 6.54. The summed E-state index contributed by atoms with van der Waals surface area (Å²) < 4.78 is 25.5. The Balaban J connectivity index is 2.16. The zero-order chi connectivity index (χ0) is 19.3. The summed E-state index contributed by atoms with van der Waals surface area (Å²) in [6.45, 7) is 5.67. The molecule has 140 valence electrons. The molecular formula is C20H26N2O3S. The predicted octanol–water partition coefficient (Wildman–Crippen LogP) is 3.34. The molecule has 1 atom stereocenters.